The minimum Gasteiger partial charge on any atom is -0.437 e. The van der Waals surface area contributed by atoms with E-state index in [4.69, 9.17) is 16.3 Å². The summed E-state index contributed by atoms with van der Waals surface area (Å²) in [6, 6.07) is 10.8. The second-order valence-electron chi connectivity index (χ2n) is 6.40. The lowest BCUT2D eigenvalue weighted by molar-refractivity contribution is -0.137. The summed E-state index contributed by atoms with van der Waals surface area (Å²) in [7, 11) is 0. The van der Waals surface area contributed by atoms with Crippen LogP contribution in [0.4, 0.5) is 13.2 Å². The van der Waals surface area contributed by atoms with E-state index >= 15 is 0 Å². The van der Waals surface area contributed by atoms with Gasteiger partial charge >= 0.3 is 6.18 Å². The summed E-state index contributed by atoms with van der Waals surface area (Å²) >= 11 is 5.89. The first kappa shape index (κ1) is 22.5. The largest absolute Gasteiger partial charge is 0.437 e. The average molecular weight is 451 g/mol. The highest BCUT2D eigenvalue weighted by Crippen LogP contribution is 2.32. The third kappa shape index (κ3) is 5.29. The lowest BCUT2D eigenvalue weighted by Gasteiger charge is -2.19. The second kappa shape index (κ2) is 9.30. The molecule has 0 spiro atoms. The predicted octanol–water partition coefficient (Wildman–Crippen LogP) is 5.49. The maximum Gasteiger partial charge on any atom is 0.416 e. The van der Waals surface area contributed by atoms with Crippen molar-refractivity contribution >= 4 is 17.5 Å². The molecule has 0 atom stereocenters. The maximum atomic E-state index is 13.1. The number of hydrogen-bond donors (Lipinski definition) is 0. The van der Waals surface area contributed by atoms with E-state index in [1.807, 2.05) is 0 Å². The van der Waals surface area contributed by atoms with Gasteiger partial charge in [-0.25, -0.2) is 0 Å². The van der Waals surface area contributed by atoms with Crippen molar-refractivity contribution in [2.45, 2.75) is 20.0 Å². The molecule has 1 heterocycles. The van der Waals surface area contributed by atoms with Crippen molar-refractivity contribution in [3.8, 4) is 23.0 Å². The Labute approximate surface area is 181 Å². The third-order valence-electron chi connectivity index (χ3n) is 4.38. The molecule has 1 amide bonds. The van der Waals surface area contributed by atoms with E-state index in [1.165, 1.54) is 17.0 Å². The summed E-state index contributed by atoms with van der Waals surface area (Å²) in [5, 5.41) is 8.31. The van der Waals surface area contributed by atoms with Crippen molar-refractivity contribution in [3.63, 3.8) is 0 Å². The molecule has 162 valence electrons. The van der Waals surface area contributed by atoms with Crippen molar-refractivity contribution < 1.29 is 22.7 Å². The normalized spacial score (nSPS) is 11.3. The van der Waals surface area contributed by atoms with E-state index in [2.05, 4.69) is 15.2 Å². The number of carbonyl (C=O) groups is 1. The van der Waals surface area contributed by atoms with Crippen LogP contribution in [-0.4, -0.2) is 39.1 Å². The number of hydrogen-bond acceptors (Lipinski definition) is 5. The first-order valence-electron chi connectivity index (χ1n) is 9.38. The number of amides is 1. The first-order chi connectivity index (χ1) is 14.7. The molecule has 0 radical (unpaired) electrons. The van der Waals surface area contributed by atoms with Crippen molar-refractivity contribution in [2.75, 3.05) is 13.1 Å². The Morgan fingerprint density at radius 3 is 2.35 bits per heavy atom. The Kier molecular flexibility index (Phi) is 6.74. The number of ether oxygens (including phenoxy) is 1. The molecule has 1 aromatic heterocycles. The Balaban J connectivity index is 2.07. The van der Waals surface area contributed by atoms with Crippen LogP contribution in [0, 0.1) is 0 Å². The molecule has 0 N–H and O–H groups in total. The van der Waals surface area contributed by atoms with Gasteiger partial charge in [0.05, 0.1) is 5.56 Å². The predicted molar refractivity (Wildman–Crippen MR) is 109 cm³/mol. The molecule has 0 unspecified atom stereocenters. The maximum absolute atomic E-state index is 13.1. The number of nitrogens with zero attached hydrogens (tertiary/aromatic N) is 4. The van der Waals surface area contributed by atoms with E-state index in [1.54, 1.807) is 38.1 Å². The van der Waals surface area contributed by atoms with Gasteiger partial charge in [0.15, 0.2) is 5.82 Å². The van der Waals surface area contributed by atoms with E-state index in [9.17, 15) is 18.0 Å². The molecule has 0 bridgehead atoms. The quantitative estimate of drug-likeness (QED) is 0.497. The number of carbonyl (C=O) groups excluding carboxylic acids is 1. The van der Waals surface area contributed by atoms with E-state index in [0.29, 0.717) is 23.9 Å². The van der Waals surface area contributed by atoms with Crippen molar-refractivity contribution in [1.82, 2.24) is 20.1 Å². The molecule has 3 aromatic rings. The van der Waals surface area contributed by atoms with Crippen LogP contribution < -0.4 is 4.74 Å². The summed E-state index contributed by atoms with van der Waals surface area (Å²) in [6.07, 6.45) is -4.52. The summed E-state index contributed by atoms with van der Waals surface area (Å²) in [4.78, 5) is 18.6. The zero-order valence-corrected chi connectivity index (χ0v) is 17.4. The van der Waals surface area contributed by atoms with Crippen LogP contribution in [0.15, 0.2) is 48.5 Å². The minimum absolute atomic E-state index is 0.0881. The number of benzene rings is 2. The summed E-state index contributed by atoms with van der Waals surface area (Å²) in [5.74, 6) is -0.397. The van der Waals surface area contributed by atoms with Gasteiger partial charge in [-0.1, -0.05) is 23.7 Å². The fourth-order valence-electron chi connectivity index (χ4n) is 2.75. The second-order valence-corrected chi connectivity index (χ2v) is 6.84. The summed E-state index contributed by atoms with van der Waals surface area (Å²) in [5.41, 5.74) is -0.906. The van der Waals surface area contributed by atoms with Gasteiger partial charge in [0.25, 0.3) is 11.8 Å². The molecular formula is C21H18ClF3N4O2. The number of rotatable bonds is 6. The monoisotopic (exact) mass is 450 g/mol. The van der Waals surface area contributed by atoms with Gasteiger partial charge in [-0.05, 0) is 50.2 Å². The van der Waals surface area contributed by atoms with Gasteiger partial charge in [0.2, 0.25) is 5.69 Å². The van der Waals surface area contributed by atoms with Crippen molar-refractivity contribution in [3.05, 3.63) is 64.8 Å². The van der Waals surface area contributed by atoms with E-state index in [-0.39, 0.29) is 23.0 Å². The van der Waals surface area contributed by atoms with Crippen LogP contribution in [0.25, 0.3) is 11.4 Å². The van der Waals surface area contributed by atoms with Gasteiger partial charge in [0.1, 0.15) is 5.75 Å². The molecule has 0 aliphatic rings. The van der Waals surface area contributed by atoms with Crippen LogP contribution in [-0.2, 0) is 6.18 Å². The molecule has 0 aliphatic carbocycles. The molecule has 0 fully saturated rings. The summed E-state index contributed by atoms with van der Waals surface area (Å²) in [6.45, 7) is 4.46. The Bertz CT molecular complexity index is 1070. The molecule has 10 heteroatoms. The van der Waals surface area contributed by atoms with Crippen LogP contribution in [0.3, 0.4) is 0 Å². The van der Waals surface area contributed by atoms with Gasteiger partial charge < -0.3 is 9.64 Å². The lowest BCUT2D eigenvalue weighted by Crippen LogP contribution is -2.32. The van der Waals surface area contributed by atoms with Crippen LogP contribution in [0.1, 0.15) is 29.9 Å². The van der Waals surface area contributed by atoms with E-state index < -0.39 is 17.6 Å². The number of alkyl halides is 3. The zero-order valence-electron chi connectivity index (χ0n) is 16.7. The fraction of sp³-hybridized carbons (Fsp3) is 0.238. The Morgan fingerprint density at radius 2 is 1.74 bits per heavy atom. The molecule has 31 heavy (non-hydrogen) atoms. The fourth-order valence-corrected chi connectivity index (χ4v) is 2.87. The molecular weight excluding hydrogens is 433 g/mol. The lowest BCUT2D eigenvalue weighted by atomic mass is 10.1. The van der Waals surface area contributed by atoms with Gasteiger partial charge in [0, 0.05) is 23.7 Å². The standard InChI is InChI=1S/C21H18ClF3N4O2/c1-3-29(4-2)20(30)17-19(31-16-10-8-15(22)9-11-16)26-18(28-27-17)13-6-5-7-14(12-13)21(23,24)25/h5-12H,3-4H2,1-2H3. The third-order valence-corrected chi connectivity index (χ3v) is 4.64. The molecule has 2 aromatic carbocycles. The van der Waals surface area contributed by atoms with Gasteiger partial charge in [-0.3, -0.25) is 4.79 Å². The highest BCUT2D eigenvalue weighted by Gasteiger charge is 2.31. The van der Waals surface area contributed by atoms with Crippen molar-refractivity contribution in [2.24, 2.45) is 0 Å². The Morgan fingerprint density at radius 1 is 1.06 bits per heavy atom. The Hall–Kier alpha value is -3.20. The van der Waals surface area contributed by atoms with Gasteiger partial charge in [-0.2, -0.15) is 18.2 Å². The smallest absolute Gasteiger partial charge is 0.416 e. The molecule has 0 saturated heterocycles. The average Bonchev–Trinajstić information content (AvgIpc) is 2.75. The number of halogens is 4. The molecule has 0 aliphatic heterocycles. The highest BCUT2D eigenvalue weighted by molar-refractivity contribution is 6.30. The van der Waals surface area contributed by atoms with Crippen LogP contribution >= 0.6 is 11.6 Å². The van der Waals surface area contributed by atoms with Crippen LogP contribution in [0.5, 0.6) is 11.6 Å². The van der Waals surface area contributed by atoms with Crippen molar-refractivity contribution in [1.29, 1.82) is 0 Å². The van der Waals surface area contributed by atoms with Gasteiger partial charge in [-0.15, -0.1) is 10.2 Å². The molecule has 6 nitrogen and oxygen atoms in total. The minimum atomic E-state index is -4.52. The number of aromatic nitrogens is 3. The molecule has 3 rings (SSSR count). The van der Waals surface area contributed by atoms with E-state index in [0.717, 1.165) is 12.1 Å². The first-order valence-corrected chi connectivity index (χ1v) is 9.75. The highest BCUT2D eigenvalue weighted by atomic mass is 35.5. The SMILES string of the molecule is CCN(CC)C(=O)c1nnc(-c2cccc(C(F)(F)F)c2)nc1Oc1ccc(Cl)cc1. The molecule has 0 saturated carbocycles. The topological polar surface area (TPSA) is 68.2 Å². The van der Waals surface area contributed by atoms with Crippen LogP contribution in [0.2, 0.25) is 5.02 Å². The summed E-state index contributed by atoms with van der Waals surface area (Å²) < 4.78 is 45.0. The zero-order chi connectivity index (χ0) is 22.6.